The van der Waals surface area contributed by atoms with Crippen LogP contribution in [0.15, 0.2) is 46.8 Å². The first-order valence-corrected chi connectivity index (χ1v) is 12.1. The normalized spacial score (nSPS) is 12.2. The van der Waals surface area contributed by atoms with Gasteiger partial charge in [-0.3, -0.25) is 10.1 Å². The zero-order valence-electron chi connectivity index (χ0n) is 17.5. The number of hydrogen-bond acceptors (Lipinski definition) is 8. The average molecular weight is 497 g/mol. The van der Waals surface area contributed by atoms with Gasteiger partial charge in [-0.15, -0.1) is 10.2 Å². The molecule has 2 aromatic carbocycles. The molecule has 1 atom stereocenters. The molecule has 0 aliphatic rings. The smallest absolute Gasteiger partial charge is 0.270 e. The maximum absolute atomic E-state index is 12.9. The highest BCUT2D eigenvalue weighted by Crippen LogP contribution is 2.32. The lowest BCUT2D eigenvalue weighted by Gasteiger charge is -2.18. The number of carbonyl (C=O) groups excluding carboxylic acids is 1. The molecule has 0 unspecified atom stereocenters. The third kappa shape index (κ3) is 5.54. The van der Waals surface area contributed by atoms with Crippen LogP contribution in [0, 0.1) is 0 Å². The van der Waals surface area contributed by atoms with E-state index in [2.05, 4.69) is 20.2 Å². The summed E-state index contributed by atoms with van der Waals surface area (Å²) in [6.45, 7) is 1.85. The van der Waals surface area contributed by atoms with Gasteiger partial charge in [0.1, 0.15) is 0 Å². The third-order valence-corrected chi connectivity index (χ3v) is 7.41. The van der Waals surface area contributed by atoms with E-state index in [1.165, 1.54) is 14.2 Å². The van der Waals surface area contributed by atoms with Crippen molar-refractivity contribution in [1.29, 1.82) is 0 Å². The lowest BCUT2D eigenvalue weighted by atomic mass is 10.1. The summed E-state index contributed by atoms with van der Waals surface area (Å²) in [5, 5.41) is 10.6. The largest absolute Gasteiger partial charge is 0.493 e. The van der Waals surface area contributed by atoms with Gasteiger partial charge in [0.05, 0.1) is 14.2 Å². The summed E-state index contributed by atoms with van der Waals surface area (Å²) in [6, 6.07) is 10.9. The number of methoxy groups -OCH3 is 2. The molecule has 0 fully saturated rings. The molecule has 3 aromatic rings. The average Bonchev–Trinajstić information content (AvgIpc) is 3.27. The number of nitrogens with zero attached hydrogens (tertiary/aromatic N) is 2. The standard InChI is InChI=1S/C20H21ClN4O5S2/c1-4-15(13-7-10-16(29-2)17(11-13)30-3)25-32(27,28)20-24-23-19(31-20)22-18(26)12-5-8-14(21)9-6-12/h5-11,15,25H,4H2,1-3H3,(H,22,23,26)/t15-/m0/s1. The zero-order chi connectivity index (χ0) is 23.3. The molecule has 1 aromatic heterocycles. The van der Waals surface area contributed by atoms with Crippen LogP contribution in [0.5, 0.6) is 11.5 Å². The summed E-state index contributed by atoms with van der Waals surface area (Å²) in [5.41, 5.74) is 1.06. The molecule has 12 heteroatoms. The maximum atomic E-state index is 12.9. The summed E-state index contributed by atoms with van der Waals surface area (Å²) in [7, 11) is -0.954. The molecule has 0 spiro atoms. The van der Waals surface area contributed by atoms with Gasteiger partial charge in [-0.2, -0.15) is 0 Å². The Balaban J connectivity index is 1.75. The molecule has 0 saturated heterocycles. The summed E-state index contributed by atoms with van der Waals surface area (Å²) in [5.74, 6) is 0.580. The molecule has 1 heterocycles. The number of nitrogens with one attached hydrogen (secondary N) is 2. The Morgan fingerprint density at radius 1 is 1.09 bits per heavy atom. The lowest BCUT2D eigenvalue weighted by Crippen LogP contribution is -2.28. The lowest BCUT2D eigenvalue weighted by molar-refractivity contribution is 0.102. The van der Waals surface area contributed by atoms with Crippen LogP contribution >= 0.6 is 22.9 Å². The number of aromatic nitrogens is 2. The first kappa shape index (κ1) is 23.9. The quantitative estimate of drug-likeness (QED) is 0.431. The summed E-state index contributed by atoms with van der Waals surface area (Å²) in [6.07, 6.45) is 0.480. The van der Waals surface area contributed by atoms with E-state index in [1.54, 1.807) is 42.5 Å². The molecule has 0 bridgehead atoms. The molecule has 0 aliphatic carbocycles. The van der Waals surface area contributed by atoms with E-state index in [4.69, 9.17) is 21.1 Å². The number of hydrogen-bond donors (Lipinski definition) is 2. The van der Waals surface area contributed by atoms with Gasteiger partial charge < -0.3 is 9.47 Å². The number of sulfonamides is 1. The van der Waals surface area contributed by atoms with Crippen molar-refractivity contribution in [2.45, 2.75) is 23.7 Å². The fourth-order valence-corrected chi connectivity index (χ4v) is 5.18. The van der Waals surface area contributed by atoms with Gasteiger partial charge in [0, 0.05) is 16.6 Å². The van der Waals surface area contributed by atoms with E-state index in [-0.39, 0.29) is 9.47 Å². The Bertz CT molecular complexity index is 1200. The van der Waals surface area contributed by atoms with E-state index in [9.17, 15) is 13.2 Å². The van der Waals surface area contributed by atoms with Crippen LogP contribution in [-0.4, -0.2) is 38.7 Å². The molecule has 1 amide bonds. The predicted molar refractivity (Wildman–Crippen MR) is 122 cm³/mol. The monoisotopic (exact) mass is 496 g/mol. The number of amides is 1. The molecule has 9 nitrogen and oxygen atoms in total. The maximum Gasteiger partial charge on any atom is 0.270 e. The molecule has 0 radical (unpaired) electrons. The van der Waals surface area contributed by atoms with Gasteiger partial charge in [0.15, 0.2) is 11.5 Å². The third-order valence-electron chi connectivity index (χ3n) is 4.48. The second-order valence-electron chi connectivity index (χ2n) is 6.53. The highest BCUT2D eigenvalue weighted by Gasteiger charge is 2.25. The minimum absolute atomic E-state index is 0.0597. The fraction of sp³-hybridized carbons (Fsp3) is 0.250. The van der Waals surface area contributed by atoms with Gasteiger partial charge in [0.2, 0.25) is 9.47 Å². The zero-order valence-corrected chi connectivity index (χ0v) is 19.8. The van der Waals surface area contributed by atoms with Crippen molar-refractivity contribution >= 4 is 44.0 Å². The number of benzene rings is 2. The van der Waals surface area contributed by atoms with Crippen LogP contribution in [0.4, 0.5) is 5.13 Å². The van der Waals surface area contributed by atoms with Crippen LogP contribution < -0.4 is 19.5 Å². The highest BCUT2D eigenvalue weighted by atomic mass is 35.5. The van der Waals surface area contributed by atoms with Crippen LogP contribution in [0.3, 0.4) is 0 Å². The molecule has 3 rings (SSSR count). The van der Waals surface area contributed by atoms with Gasteiger partial charge in [-0.1, -0.05) is 35.9 Å². The van der Waals surface area contributed by atoms with Crippen molar-refractivity contribution in [3.63, 3.8) is 0 Å². The van der Waals surface area contributed by atoms with Crippen LogP contribution in [0.2, 0.25) is 5.02 Å². The molecular formula is C20H21ClN4O5S2. The van der Waals surface area contributed by atoms with Crippen molar-refractivity contribution in [3.05, 3.63) is 58.6 Å². The Morgan fingerprint density at radius 2 is 1.78 bits per heavy atom. The number of ether oxygens (including phenoxy) is 2. The van der Waals surface area contributed by atoms with Crippen LogP contribution in [0.1, 0.15) is 35.3 Å². The molecule has 32 heavy (non-hydrogen) atoms. The van der Waals surface area contributed by atoms with Crippen LogP contribution in [-0.2, 0) is 10.0 Å². The Morgan fingerprint density at radius 3 is 2.41 bits per heavy atom. The van der Waals surface area contributed by atoms with E-state index in [0.29, 0.717) is 34.1 Å². The summed E-state index contributed by atoms with van der Waals surface area (Å²) in [4.78, 5) is 12.3. The molecule has 0 saturated carbocycles. The summed E-state index contributed by atoms with van der Waals surface area (Å²) < 4.78 is 38.6. The Kier molecular flexibility index (Phi) is 7.67. The fourth-order valence-electron chi connectivity index (χ4n) is 2.83. The number of halogens is 1. The van der Waals surface area contributed by atoms with Crippen molar-refractivity contribution in [2.24, 2.45) is 0 Å². The predicted octanol–water partition coefficient (Wildman–Crippen LogP) is 3.89. The topological polar surface area (TPSA) is 120 Å². The first-order valence-electron chi connectivity index (χ1n) is 9.42. The Hall–Kier alpha value is -2.73. The van der Waals surface area contributed by atoms with E-state index in [1.807, 2.05) is 6.92 Å². The van der Waals surface area contributed by atoms with Gasteiger partial charge in [-0.05, 0) is 48.4 Å². The van der Waals surface area contributed by atoms with Gasteiger partial charge in [0.25, 0.3) is 15.9 Å². The molecule has 2 N–H and O–H groups in total. The Labute approximate surface area is 194 Å². The van der Waals surface area contributed by atoms with E-state index < -0.39 is 22.0 Å². The second-order valence-corrected chi connectivity index (χ2v) is 9.83. The minimum atomic E-state index is -3.99. The first-order chi connectivity index (χ1) is 15.3. The van der Waals surface area contributed by atoms with E-state index >= 15 is 0 Å². The SMILES string of the molecule is CC[C@H](NS(=O)(=O)c1nnc(NC(=O)c2ccc(Cl)cc2)s1)c1ccc(OC)c(OC)c1. The van der Waals surface area contributed by atoms with Gasteiger partial charge in [-0.25, -0.2) is 13.1 Å². The number of anilines is 1. The molecule has 170 valence electrons. The molecule has 0 aliphatic heterocycles. The minimum Gasteiger partial charge on any atom is -0.493 e. The van der Waals surface area contributed by atoms with Crippen molar-refractivity contribution in [2.75, 3.05) is 19.5 Å². The van der Waals surface area contributed by atoms with Crippen LogP contribution in [0.25, 0.3) is 0 Å². The van der Waals surface area contributed by atoms with Crippen molar-refractivity contribution < 1.29 is 22.7 Å². The van der Waals surface area contributed by atoms with Crippen molar-refractivity contribution in [3.8, 4) is 11.5 Å². The van der Waals surface area contributed by atoms with E-state index in [0.717, 1.165) is 11.3 Å². The number of rotatable bonds is 9. The second kappa shape index (κ2) is 10.3. The molecular weight excluding hydrogens is 476 g/mol. The number of carbonyl (C=O) groups is 1. The van der Waals surface area contributed by atoms with Gasteiger partial charge >= 0.3 is 0 Å². The highest BCUT2D eigenvalue weighted by molar-refractivity contribution is 7.91. The summed E-state index contributed by atoms with van der Waals surface area (Å²) >= 11 is 6.57. The van der Waals surface area contributed by atoms with Crippen molar-refractivity contribution in [1.82, 2.24) is 14.9 Å².